The minimum absolute atomic E-state index is 0.0173. The van der Waals surface area contributed by atoms with Crippen LogP contribution in [0.3, 0.4) is 0 Å². The molecule has 0 fully saturated rings. The Balaban J connectivity index is 2.16. The minimum Gasteiger partial charge on any atom is -0.324 e. The fourth-order valence-corrected chi connectivity index (χ4v) is 2.70. The van der Waals surface area contributed by atoms with Crippen molar-refractivity contribution in [2.24, 2.45) is 0 Å². The van der Waals surface area contributed by atoms with Gasteiger partial charge in [0.05, 0.1) is 16.3 Å². The second-order valence-electron chi connectivity index (χ2n) is 5.52. The third-order valence-electron chi connectivity index (χ3n) is 3.44. The van der Waals surface area contributed by atoms with E-state index in [1.807, 2.05) is 6.92 Å². The molecule has 0 heterocycles. The maximum absolute atomic E-state index is 12.9. The van der Waals surface area contributed by atoms with Gasteiger partial charge in [-0.3, -0.25) is 25.2 Å². The lowest BCUT2D eigenvalue weighted by molar-refractivity contribution is -0.116. The van der Waals surface area contributed by atoms with Crippen LogP contribution in [0.15, 0.2) is 36.4 Å². The summed E-state index contributed by atoms with van der Waals surface area (Å²) in [6.07, 6.45) is 0.869. The van der Waals surface area contributed by atoms with Crippen molar-refractivity contribution in [3.63, 3.8) is 0 Å². The second-order valence-corrected chi connectivity index (χ2v) is 6.37. The fraction of sp³-hybridized carbons (Fsp3) is 0.167. The highest BCUT2D eigenvalue weighted by atomic mass is 35.5. The average molecular weight is 412 g/mol. The molecular weight excluding hydrogens is 396 g/mol. The molecule has 0 saturated heterocycles. The Morgan fingerprint density at radius 2 is 1.63 bits per heavy atom. The zero-order chi connectivity index (χ0) is 20.0. The van der Waals surface area contributed by atoms with Gasteiger partial charge in [-0.2, -0.15) is 0 Å². The predicted molar refractivity (Wildman–Crippen MR) is 101 cm³/mol. The SMILES string of the molecule is CCCC(=O)Nc1c(Cl)cc(Cl)cc1C(=O)NNC(=O)c1ccc(F)cc1. The number of hydrazine groups is 1. The Hall–Kier alpha value is -2.64. The summed E-state index contributed by atoms with van der Waals surface area (Å²) in [5, 5.41) is 2.84. The molecule has 3 N–H and O–H groups in total. The van der Waals surface area contributed by atoms with Gasteiger partial charge in [0.15, 0.2) is 0 Å². The van der Waals surface area contributed by atoms with Gasteiger partial charge >= 0.3 is 0 Å². The molecule has 0 unspecified atom stereocenters. The van der Waals surface area contributed by atoms with Crippen LogP contribution in [-0.4, -0.2) is 17.7 Å². The molecule has 0 aliphatic carbocycles. The van der Waals surface area contributed by atoms with E-state index >= 15 is 0 Å². The van der Waals surface area contributed by atoms with Gasteiger partial charge in [0.25, 0.3) is 11.8 Å². The molecule has 0 radical (unpaired) electrons. The van der Waals surface area contributed by atoms with Crippen LogP contribution in [-0.2, 0) is 4.79 Å². The maximum Gasteiger partial charge on any atom is 0.271 e. The van der Waals surface area contributed by atoms with E-state index in [0.29, 0.717) is 6.42 Å². The molecule has 27 heavy (non-hydrogen) atoms. The standard InChI is InChI=1S/C18H16Cl2FN3O3/c1-2-3-15(25)22-16-13(8-11(19)9-14(16)20)18(27)24-23-17(26)10-4-6-12(21)7-5-10/h4-9H,2-3H2,1H3,(H,22,25)(H,23,26)(H,24,27). The summed E-state index contributed by atoms with van der Waals surface area (Å²) in [6.45, 7) is 1.83. The first-order valence-corrected chi connectivity index (χ1v) is 8.72. The van der Waals surface area contributed by atoms with E-state index in [4.69, 9.17) is 23.2 Å². The Kier molecular flexibility index (Phi) is 7.15. The highest BCUT2D eigenvalue weighted by Crippen LogP contribution is 2.30. The van der Waals surface area contributed by atoms with Gasteiger partial charge in [-0.1, -0.05) is 30.1 Å². The van der Waals surface area contributed by atoms with E-state index in [9.17, 15) is 18.8 Å². The van der Waals surface area contributed by atoms with Gasteiger partial charge in [0.2, 0.25) is 5.91 Å². The lowest BCUT2D eigenvalue weighted by Crippen LogP contribution is -2.42. The minimum atomic E-state index is -0.735. The number of hydrogen-bond donors (Lipinski definition) is 3. The molecule has 0 atom stereocenters. The van der Waals surface area contributed by atoms with E-state index in [-0.39, 0.29) is 39.2 Å². The number of carbonyl (C=O) groups excluding carboxylic acids is 3. The first kappa shape index (κ1) is 20.7. The highest BCUT2D eigenvalue weighted by molar-refractivity contribution is 6.38. The van der Waals surface area contributed by atoms with Crippen molar-refractivity contribution in [1.29, 1.82) is 0 Å². The van der Waals surface area contributed by atoms with Crippen LogP contribution in [0.1, 0.15) is 40.5 Å². The molecule has 2 aromatic rings. The van der Waals surface area contributed by atoms with Crippen LogP contribution >= 0.6 is 23.2 Å². The molecule has 0 aromatic heterocycles. The van der Waals surface area contributed by atoms with E-state index in [1.165, 1.54) is 24.3 Å². The number of hydrogen-bond acceptors (Lipinski definition) is 3. The van der Waals surface area contributed by atoms with E-state index in [1.54, 1.807) is 0 Å². The smallest absolute Gasteiger partial charge is 0.271 e. The zero-order valence-corrected chi connectivity index (χ0v) is 15.7. The molecule has 9 heteroatoms. The van der Waals surface area contributed by atoms with Crippen LogP contribution in [0.4, 0.5) is 10.1 Å². The van der Waals surface area contributed by atoms with Crippen LogP contribution in [0.5, 0.6) is 0 Å². The van der Waals surface area contributed by atoms with Crippen molar-refractivity contribution in [1.82, 2.24) is 10.9 Å². The van der Waals surface area contributed by atoms with Crippen molar-refractivity contribution < 1.29 is 18.8 Å². The van der Waals surface area contributed by atoms with E-state index in [0.717, 1.165) is 12.1 Å². The van der Waals surface area contributed by atoms with Crippen LogP contribution in [0.25, 0.3) is 0 Å². The molecule has 142 valence electrons. The number of halogens is 3. The summed E-state index contributed by atoms with van der Waals surface area (Å²) < 4.78 is 12.9. The molecule has 2 aromatic carbocycles. The summed E-state index contributed by atoms with van der Waals surface area (Å²) in [5.41, 5.74) is 4.64. The summed E-state index contributed by atoms with van der Waals surface area (Å²) in [4.78, 5) is 36.3. The van der Waals surface area contributed by atoms with E-state index < -0.39 is 17.6 Å². The van der Waals surface area contributed by atoms with Crippen LogP contribution in [0.2, 0.25) is 10.0 Å². The predicted octanol–water partition coefficient (Wildman–Crippen LogP) is 3.95. The van der Waals surface area contributed by atoms with Crippen LogP contribution in [0, 0.1) is 5.82 Å². The normalized spacial score (nSPS) is 10.2. The van der Waals surface area contributed by atoms with Gasteiger partial charge < -0.3 is 5.32 Å². The van der Waals surface area contributed by atoms with Crippen molar-refractivity contribution in [3.8, 4) is 0 Å². The number of carbonyl (C=O) groups is 3. The summed E-state index contributed by atoms with van der Waals surface area (Å²) >= 11 is 12.0. The number of rotatable bonds is 5. The molecule has 3 amide bonds. The fourth-order valence-electron chi connectivity index (χ4n) is 2.16. The van der Waals surface area contributed by atoms with Crippen LogP contribution < -0.4 is 16.2 Å². The van der Waals surface area contributed by atoms with Gasteiger partial charge in [-0.15, -0.1) is 0 Å². The first-order chi connectivity index (χ1) is 12.8. The van der Waals surface area contributed by atoms with Crippen molar-refractivity contribution in [2.75, 3.05) is 5.32 Å². The number of anilines is 1. The summed E-state index contributed by atoms with van der Waals surface area (Å²) in [7, 11) is 0. The van der Waals surface area contributed by atoms with Gasteiger partial charge in [0.1, 0.15) is 5.82 Å². The van der Waals surface area contributed by atoms with E-state index in [2.05, 4.69) is 16.2 Å². The Morgan fingerprint density at radius 1 is 1.00 bits per heavy atom. The zero-order valence-electron chi connectivity index (χ0n) is 14.2. The maximum atomic E-state index is 12.9. The molecule has 0 bridgehead atoms. The number of amides is 3. The summed E-state index contributed by atoms with van der Waals surface area (Å²) in [6, 6.07) is 7.48. The molecule has 0 spiro atoms. The first-order valence-electron chi connectivity index (χ1n) is 7.97. The summed E-state index contributed by atoms with van der Waals surface area (Å²) in [5.74, 6) is -2.18. The Bertz CT molecular complexity index is 873. The molecule has 2 rings (SSSR count). The van der Waals surface area contributed by atoms with Crippen molar-refractivity contribution >= 4 is 46.6 Å². The third kappa shape index (κ3) is 5.67. The lowest BCUT2D eigenvalue weighted by Gasteiger charge is -2.14. The quantitative estimate of drug-likeness (QED) is 0.650. The van der Waals surface area contributed by atoms with Gasteiger partial charge in [0, 0.05) is 17.0 Å². The molecule has 0 aliphatic rings. The third-order valence-corrected chi connectivity index (χ3v) is 3.95. The van der Waals surface area contributed by atoms with Gasteiger partial charge in [-0.05, 0) is 42.8 Å². The average Bonchev–Trinajstić information content (AvgIpc) is 2.62. The van der Waals surface area contributed by atoms with Crippen molar-refractivity contribution in [3.05, 3.63) is 63.4 Å². The second kappa shape index (κ2) is 9.34. The van der Waals surface area contributed by atoms with Gasteiger partial charge in [-0.25, -0.2) is 4.39 Å². The monoisotopic (exact) mass is 411 g/mol. The number of nitrogens with one attached hydrogen (secondary N) is 3. The topological polar surface area (TPSA) is 87.3 Å². The lowest BCUT2D eigenvalue weighted by atomic mass is 10.1. The Labute approximate surface area is 165 Å². The molecule has 0 aliphatic heterocycles. The molecular formula is C18H16Cl2FN3O3. The largest absolute Gasteiger partial charge is 0.324 e. The molecule has 0 saturated carbocycles. The van der Waals surface area contributed by atoms with Crippen molar-refractivity contribution in [2.45, 2.75) is 19.8 Å². The number of benzene rings is 2. The highest BCUT2D eigenvalue weighted by Gasteiger charge is 2.18. The molecule has 6 nitrogen and oxygen atoms in total. The Morgan fingerprint density at radius 3 is 2.26 bits per heavy atom.